The van der Waals surface area contributed by atoms with Gasteiger partial charge in [-0.25, -0.2) is 9.97 Å². The van der Waals surface area contributed by atoms with Gasteiger partial charge < -0.3 is 0 Å². The van der Waals surface area contributed by atoms with Crippen LogP contribution in [0, 0.1) is 0 Å². The molecular weight excluding hydrogens is 693 g/mol. The van der Waals surface area contributed by atoms with Crippen molar-refractivity contribution >= 4 is 54.9 Å². The Morgan fingerprint density at radius 2 is 0.745 bits per heavy atom. The molecule has 0 aliphatic rings. The van der Waals surface area contributed by atoms with Gasteiger partial charge in [-0.05, 0) is 48.5 Å². The molecule has 0 aliphatic carbocycles. The van der Waals surface area contributed by atoms with Gasteiger partial charge in [0.2, 0.25) is 0 Å². The van der Waals surface area contributed by atoms with Crippen molar-refractivity contribution in [2.45, 2.75) is 0 Å². The van der Waals surface area contributed by atoms with Gasteiger partial charge in [0.05, 0.1) is 33.5 Å². The first-order chi connectivity index (χ1) is 27.3. The third-order valence-corrected chi connectivity index (χ3v) is 11.4. The van der Waals surface area contributed by atoms with Crippen LogP contribution < -0.4 is 0 Å². The van der Waals surface area contributed by atoms with Gasteiger partial charge in [-0.3, -0.25) is 9.13 Å². The number of pyridine rings is 2. The Morgan fingerprint density at radius 3 is 1.22 bits per heavy atom. The van der Waals surface area contributed by atoms with Gasteiger partial charge in [-0.2, -0.15) is 0 Å². The number of hydrogen-bond acceptors (Lipinski definition) is 5. The first-order valence-electron chi connectivity index (χ1n) is 18.2. The van der Waals surface area contributed by atoms with E-state index in [2.05, 4.69) is 155 Å². The molecule has 11 aromatic rings. The highest BCUT2D eigenvalue weighted by Gasteiger charge is 2.19. The quantitative estimate of drug-likeness (QED) is 0.171. The van der Waals surface area contributed by atoms with E-state index in [1.165, 1.54) is 21.5 Å². The Kier molecular flexibility index (Phi) is 7.25. The van der Waals surface area contributed by atoms with Crippen LogP contribution in [0.2, 0.25) is 0 Å². The number of para-hydroxylation sites is 2. The molecule has 6 nitrogen and oxygen atoms in total. The molecule has 0 N–H and O–H groups in total. The van der Waals surface area contributed by atoms with Crippen molar-refractivity contribution in [2.24, 2.45) is 0 Å². The Morgan fingerprint density at radius 1 is 0.327 bits per heavy atom. The van der Waals surface area contributed by atoms with E-state index in [9.17, 15) is 0 Å². The Balaban J connectivity index is 1.02. The lowest BCUT2D eigenvalue weighted by atomic mass is 10.1. The van der Waals surface area contributed by atoms with Crippen LogP contribution in [0.25, 0.3) is 98.9 Å². The molecule has 0 atom stereocenters. The molecule has 0 fully saturated rings. The molecule has 258 valence electrons. The molecule has 0 spiro atoms. The van der Waals surface area contributed by atoms with Crippen LogP contribution in [-0.2, 0) is 0 Å². The molecule has 0 aliphatic heterocycles. The molecule has 5 heterocycles. The predicted molar refractivity (Wildman–Crippen MR) is 226 cm³/mol. The van der Waals surface area contributed by atoms with Gasteiger partial charge in [0.1, 0.15) is 21.7 Å². The van der Waals surface area contributed by atoms with E-state index < -0.39 is 0 Å². The lowest BCUT2D eigenvalue weighted by Crippen LogP contribution is -1.98. The van der Waals surface area contributed by atoms with Gasteiger partial charge in [-0.1, -0.05) is 145 Å². The molecule has 5 aromatic heterocycles. The maximum Gasteiger partial charge on any atom is 0.148 e. The summed E-state index contributed by atoms with van der Waals surface area (Å²) in [7, 11) is 0. The summed E-state index contributed by atoms with van der Waals surface area (Å²) in [6.45, 7) is 0. The number of rotatable bonds is 6. The highest BCUT2D eigenvalue weighted by atomic mass is 32.1. The molecule has 55 heavy (non-hydrogen) atoms. The molecule has 6 aromatic carbocycles. The third kappa shape index (κ3) is 5.24. The summed E-state index contributed by atoms with van der Waals surface area (Å²) in [5, 5.41) is 15.9. The average molecular weight is 723 g/mol. The second kappa shape index (κ2) is 12.7. The van der Waals surface area contributed by atoms with Gasteiger partial charge in [0.15, 0.2) is 0 Å². The molecule has 0 bridgehead atoms. The minimum Gasteiger partial charge on any atom is -0.294 e. The maximum atomic E-state index is 5.15. The minimum atomic E-state index is 0.859. The summed E-state index contributed by atoms with van der Waals surface area (Å²) in [4.78, 5) is 10.3. The van der Waals surface area contributed by atoms with Gasteiger partial charge in [0.25, 0.3) is 0 Å². The molecular formula is C48H30N6S. The number of hydrogen-bond donors (Lipinski definition) is 0. The molecule has 7 heteroatoms. The molecule has 0 unspecified atom stereocenters. The van der Waals surface area contributed by atoms with Crippen molar-refractivity contribution < 1.29 is 0 Å². The maximum absolute atomic E-state index is 5.15. The molecule has 0 saturated heterocycles. The fourth-order valence-corrected chi connectivity index (χ4v) is 8.63. The van der Waals surface area contributed by atoms with Crippen molar-refractivity contribution in [3.05, 3.63) is 182 Å². The average Bonchev–Trinajstić information content (AvgIpc) is 3.97. The van der Waals surface area contributed by atoms with Crippen molar-refractivity contribution in [3.8, 4) is 55.3 Å². The predicted octanol–water partition coefficient (Wildman–Crippen LogP) is 12.2. The normalized spacial score (nSPS) is 11.6. The number of nitrogens with zero attached hydrogens (tertiary/aromatic N) is 6. The van der Waals surface area contributed by atoms with Crippen LogP contribution in [0.3, 0.4) is 0 Å². The summed E-state index contributed by atoms with van der Waals surface area (Å²) in [5.74, 6) is 1.74. The molecule has 0 radical (unpaired) electrons. The second-order valence-corrected chi connectivity index (χ2v) is 14.6. The van der Waals surface area contributed by atoms with Crippen LogP contribution in [0.4, 0.5) is 0 Å². The largest absolute Gasteiger partial charge is 0.294 e. The van der Waals surface area contributed by atoms with Gasteiger partial charge in [0, 0.05) is 43.8 Å². The molecule has 11 rings (SSSR count). The SMILES string of the molecule is c1ccc(-c2cccc(-n3c4ccccc4c4ccc(-c5nnc(-c6ccc7c8ccccc8n(-c8cccc(-c9ccccc9)n8)c7c6)s5)cc43)n2)cc1. The van der Waals surface area contributed by atoms with Crippen molar-refractivity contribution in [2.75, 3.05) is 0 Å². The standard InChI is InChI=1S/C48H30N6S/c1-3-13-31(14-4-1)39-19-11-23-45(49-39)53-41-21-9-7-17-35(41)37-27-25-33(29-43(37)53)47-51-52-48(55-47)34-26-28-38-36-18-8-10-22-42(36)54(44(38)30-34)46-24-12-20-40(50-46)32-15-5-2-6-16-32/h1-30H. The van der Waals surface area contributed by atoms with E-state index in [-0.39, 0.29) is 0 Å². The van der Waals surface area contributed by atoms with E-state index >= 15 is 0 Å². The fraction of sp³-hybridized carbons (Fsp3) is 0. The third-order valence-electron chi connectivity index (χ3n) is 10.3. The lowest BCUT2D eigenvalue weighted by Gasteiger charge is -2.10. The van der Waals surface area contributed by atoms with E-state index in [1.54, 1.807) is 11.3 Å². The summed E-state index contributed by atoms with van der Waals surface area (Å²) >= 11 is 1.60. The highest BCUT2D eigenvalue weighted by Crippen LogP contribution is 2.39. The summed E-state index contributed by atoms with van der Waals surface area (Å²) in [6.07, 6.45) is 0. The molecule has 0 saturated carbocycles. The van der Waals surface area contributed by atoms with Crippen LogP contribution in [0.15, 0.2) is 182 Å². The van der Waals surface area contributed by atoms with Gasteiger partial charge >= 0.3 is 0 Å². The smallest absolute Gasteiger partial charge is 0.148 e. The van der Waals surface area contributed by atoms with Crippen molar-refractivity contribution in [1.29, 1.82) is 0 Å². The number of fused-ring (bicyclic) bond motifs is 6. The first kappa shape index (κ1) is 31.3. The monoisotopic (exact) mass is 722 g/mol. The first-order valence-corrected chi connectivity index (χ1v) is 19.0. The van der Waals surface area contributed by atoms with Crippen LogP contribution in [0.1, 0.15) is 0 Å². The van der Waals surface area contributed by atoms with E-state index in [0.717, 1.165) is 77.4 Å². The Bertz CT molecular complexity index is 3000. The minimum absolute atomic E-state index is 0.859. The number of benzene rings is 6. The summed E-state index contributed by atoms with van der Waals surface area (Å²) < 4.78 is 4.52. The summed E-state index contributed by atoms with van der Waals surface area (Å²) in [6, 6.07) is 63.3. The number of aromatic nitrogens is 6. The zero-order valence-electron chi connectivity index (χ0n) is 29.4. The molecule has 0 amide bonds. The van der Waals surface area contributed by atoms with Crippen LogP contribution in [-0.4, -0.2) is 29.3 Å². The van der Waals surface area contributed by atoms with E-state index in [1.807, 2.05) is 36.4 Å². The van der Waals surface area contributed by atoms with Crippen LogP contribution >= 0.6 is 11.3 Å². The van der Waals surface area contributed by atoms with Crippen molar-refractivity contribution in [3.63, 3.8) is 0 Å². The lowest BCUT2D eigenvalue weighted by molar-refractivity contribution is 1.08. The zero-order valence-corrected chi connectivity index (χ0v) is 30.2. The highest BCUT2D eigenvalue weighted by molar-refractivity contribution is 7.17. The Hall–Kier alpha value is -7.22. The van der Waals surface area contributed by atoms with E-state index in [4.69, 9.17) is 20.2 Å². The van der Waals surface area contributed by atoms with Crippen LogP contribution in [0.5, 0.6) is 0 Å². The fourth-order valence-electron chi connectivity index (χ4n) is 7.79. The summed E-state index contributed by atoms with van der Waals surface area (Å²) in [5.41, 5.74) is 10.4. The topological polar surface area (TPSA) is 61.4 Å². The van der Waals surface area contributed by atoms with Gasteiger partial charge in [-0.15, -0.1) is 10.2 Å². The Labute approximate surface area is 320 Å². The zero-order chi connectivity index (χ0) is 36.3. The van der Waals surface area contributed by atoms with Crippen molar-refractivity contribution in [1.82, 2.24) is 29.3 Å². The van der Waals surface area contributed by atoms with E-state index in [0.29, 0.717) is 0 Å². The second-order valence-electron chi connectivity index (χ2n) is 13.6.